The van der Waals surface area contributed by atoms with Crippen molar-refractivity contribution >= 4 is 19.9 Å². The van der Waals surface area contributed by atoms with Crippen molar-refractivity contribution in [2.75, 3.05) is 20.8 Å². The summed E-state index contributed by atoms with van der Waals surface area (Å²) in [4.78, 5) is -0.0131. The predicted octanol–water partition coefficient (Wildman–Crippen LogP) is 3.10. The lowest BCUT2D eigenvalue weighted by Crippen LogP contribution is -2.32. The van der Waals surface area contributed by atoms with Crippen LogP contribution in [-0.4, -0.2) is 37.6 Å². The number of sulfone groups is 1. The summed E-state index contributed by atoms with van der Waals surface area (Å²) in [5.41, 5.74) is 0.905. The van der Waals surface area contributed by atoms with Crippen LogP contribution in [0.3, 0.4) is 0 Å². The zero-order valence-corrected chi connectivity index (χ0v) is 18.9. The van der Waals surface area contributed by atoms with Crippen LogP contribution in [0.4, 0.5) is 0 Å². The van der Waals surface area contributed by atoms with Crippen LogP contribution < -0.4 is 14.2 Å². The largest absolute Gasteiger partial charge is 0.493 e. The van der Waals surface area contributed by atoms with E-state index in [-0.39, 0.29) is 21.3 Å². The van der Waals surface area contributed by atoms with Crippen LogP contribution in [0, 0.1) is 6.92 Å². The number of ether oxygens (including phenoxy) is 2. The summed E-state index contributed by atoms with van der Waals surface area (Å²) in [6.45, 7) is 1.43. The highest BCUT2D eigenvalue weighted by Crippen LogP contribution is 2.31. The average Bonchev–Trinajstić information content (AvgIpc) is 3.27. The summed E-state index contributed by atoms with van der Waals surface area (Å²) in [7, 11) is -5.15. The van der Waals surface area contributed by atoms with E-state index in [4.69, 9.17) is 13.9 Å². The molecule has 1 aromatic heterocycles. The maximum atomic E-state index is 13.2. The Hall–Kier alpha value is -2.82. The molecule has 10 heteroatoms. The van der Waals surface area contributed by atoms with Gasteiger partial charge in [0.05, 0.1) is 30.3 Å². The van der Waals surface area contributed by atoms with Crippen molar-refractivity contribution in [3.05, 3.63) is 72.2 Å². The number of furan rings is 1. The van der Waals surface area contributed by atoms with Gasteiger partial charge in [0.2, 0.25) is 10.0 Å². The fourth-order valence-corrected chi connectivity index (χ4v) is 5.74. The van der Waals surface area contributed by atoms with Gasteiger partial charge in [-0.2, -0.15) is 0 Å². The van der Waals surface area contributed by atoms with Gasteiger partial charge in [0.1, 0.15) is 11.0 Å². The molecule has 3 aromatic rings. The zero-order valence-electron chi connectivity index (χ0n) is 17.2. The molecule has 1 heterocycles. The van der Waals surface area contributed by atoms with E-state index in [0.717, 1.165) is 5.56 Å². The van der Waals surface area contributed by atoms with Gasteiger partial charge in [0.15, 0.2) is 21.3 Å². The van der Waals surface area contributed by atoms with E-state index in [0.29, 0.717) is 5.75 Å². The molecule has 0 spiro atoms. The molecule has 2 aromatic carbocycles. The molecule has 0 bridgehead atoms. The van der Waals surface area contributed by atoms with Crippen molar-refractivity contribution in [1.82, 2.24) is 4.72 Å². The van der Waals surface area contributed by atoms with Crippen molar-refractivity contribution in [1.29, 1.82) is 0 Å². The van der Waals surface area contributed by atoms with Crippen LogP contribution in [0.2, 0.25) is 0 Å². The molecule has 31 heavy (non-hydrogen) atoms. The van der Waals surface area contributed by atoms with Gasteiger partial charge in [-0.15, -0.1) is 0 Å². The van der Waals surface area contributed by atoms with Gasteiger partial charge in [-0.3, -0.25) is 0 Å². The van der Waals surface area contributed by atoms with Crippen LogP contribution in [0.1, 0.15) is 16.6 Å². The minimum atomic E-state index is -4.04. The van der Waals surface area contributed by atoms with Gasteiger partial charge in [-0.25, -0.2) is 21.6 Å². The van der Waals surface area contributed by atoms with Gasteiger partial charge in [0.25, 0.3) is 0 Å². The van der Waals surface area contributed by atoms with Crippen molar-refractivity contribution in [3.8, 4) is 11.5 Å². The Morgan fingerprint density at radius 1 is 0.903 bits per heavy atom. The Bertz CT molecular complexity index is 1230. The maximum Gasteiger partial charge on any atom is 0.240 e. The van der Waals surface area contributed by atoms with Crippen LogP contribution in [0.15, 0.2) is 75.1 Å². The van der Waals surface area contributed by atoms with Crippen molar-refractivity contribution in [2.45, 2.75) is 22.0 Å². The summed E-state index contributed by atoms with van der Waals surface area (Å²) in [6.07, 6.45) is 1.34. The highest BCUT2D eigenvalue weighted by atomic mass is 32.2. The fourth-order valence-electron chi connectivity index (χ4n) is 2.98. The van der Waals surface area contributed by atoms with E-state index in [2.05, 4.69) is 4.72 Å². The minimum absolute atomic E-state index is 0.0739. The Kier molecular flexibility index (Phi) is 6.73. The van der Waals surface area contributed by atoms with Gasteiger partial charge in [-0.05, 0) is 43.3 Å². The van der Waals surface area contributed by atoms with Crippen LogP contribution >= 0.6 is 0 Å². The Balaban J connectivity index is 1.92. The Labute approximate surface area is 181 Å². The Morgan fingerprint density at radius 3 is 2.13 bits per heavy atom. The second kappa shape index (κ2) is 9.13. The van der Waals surface area contributed by atoms with Crippen LogP contribution in [-0.2, 0) is 19.9 Å². The topological polar surface area (TPSA) is 112 Å². The van der Waals surface area contributed by atoms with E-state index in [9.17, 15) is 16.8 Å². The second-order valence-corrected chi connectivity index (χ2v) is 10.6. The summed E-state index contributed by atoms with van der Waals surface area (Å²) in [6, 6.07) is 13.5. The fraction of sp³-hybridized carbons (Fsp3) is 0.238. The number of hydrogen-bond acceptors (Lipinski definition) is 7. The second-order valence-electron chi connectivity index (χ2n) is 6.73. The van der Waals surface area contributed by atoms with Crippen molar-refractivity contribution < 1.29 is 30.7 Å². The molecule has 0 aliphatic carbocycles. The first-order valence-corrected chi connectivity index (χ1v) is 12.3. The first-order chi connectivity index (χ1) is 14.7. The highest BCUT2D eigenvalue weighted by Gasteiger charge is 2.33. The number of rotatable bonds is 9. The molecule has 0 amide bonds. The zero-order chi connectivity index (χ0) is 22.6. The molecule has 166 valence electrons. The summed E-state index contributed by atoms with van der Waals surface area (Å²) in [5, 5.41) is -1.25. The molecule has 0 unspecified atom stereocenters. The molecule has 1 N–H and O–H groups in total. The molecular weight excluding hydrogens is 442 g/mol. The number of sulfonamides is 1. The molecule has 1 atom stereocenters. The Morgan fingerprint density at radius 2 is 1.55 bits per heavy atom. The smallest absolute Gasteiger partial charge is 0.240 e. The van der Waals surface area contributed by atoms with E-state index >= 15 is 0 Å². The number of aryl methyl sites for hydroxylation is 1. The van der Waals surface area contributed by atoms with Crippen molar-refractivity contribution in [2.24, 2.45) is 0 Å². The highest BCUT2D eigenvalue weighted by molar-refractivity contribution is 7.92. The molecule has 0 radical (unpaired) electrons. The average molecular weight is 466 g/mol. The standard InChI is InChI=1S/C21H23NO7S2/c1-15-6-8-16(9-7-15)30(23,24)21(19-5-4-12-29-19)14-22-31(25,26)17-10-11-18(27-2)20(13-17)28-3/h4-13,21-22H,14H2,1-3H3/t21-/m1/s1. The molecule has 8 nitrogen and oxygen atoms in total. The van der Waals surface area contributed by atoms with E-state index < -0.39 is 31.7 Å². The van der Waals surface area contributed by atoms with Gasteiger partial charge in [0, 0.05) is 12.6 Å². The monoisotopic (exact) mass is 465 g/mol. The van der Waals surface area contributed by atoms with Gasteiger partial charge < -0.3 is 13.9 Å². The summed E-state index contributed by atoms with van der Waals surface area (Å²) < 4.78 is 70.2. The third-order valence-corrected chi connectivity index (χ3v) is 8.21. The quantitative estimate of drug-likeness (QED) is 0.517. The number of methoxy groups -OCH3 is 2. The molecule has 0 aliphatic heterocycles. The number of hydrogen-bond donors (Lipinski definition) is 1. The molecule has 0 saturated carbocycles. The molecule has 0 saturated heterocycles. The van der Waals surface area contributed by atoms with E-state index in [1.54, 1.807) is 18.2 Å². The third kappa shape index (κ3) is 4.92. The van der Waals surface area contributed by atoms with E-state index in [1.807, 2.05) is 6.92 Å². The SMILES string of the molecule is COc1ccc(S(=O)(=O)NC[C@H](c2ccco2)S(=O)(=O)c2ccc(C)cc2)cc1OC. The van der Waals surface area contributed by atoms with Gasteiger partial charge >= 0.3 is 0 Å². The minimum Gasteiger partial charge on any atom is -0.493 e. The predicted molar refractivity (Wildman–Crippen MR) is 115 cm³/mol. The lowest BCUT2D eigenvalue weighted by molar-refractivity contribution is 0.354. The van der Waals surface area contributed by atoms with E-state index in [1.165, 1.54) is 56.9 Å². The lowest BCUT2D eigenvalue weighted by Gasteiger charge is -2.17. The number of benzene rings is 2. The summed E-state index contributed by atoms with van der Waals surface area (Å²) >= 11 is 0. The normalized spacial score (nSPS) is 13.0. The maximum absolute atomic E-state index is 13.2. The van der Waals surface area contributed by atoms with Crippen LogP contribution in [0.5, 0.6) is 11.5 Å². The summed E-state index contributed by atoms with van der Waals surface area (Å²) in [5.74, 6) is 0.743. The molecule has 0 fully saturated rings. The van der Waals surface area contributed by atoms with Crippen LogP contribution in [0.25, 0.3) is 0 Å². The third-order valence-electron chi connectivity index (χ3n) is 4.71. The molecular formula is C21H23NO7S2. The molecule has 0 aliphatic rings. The van der Waals surface area contributed by atoms with Gasteiger partial charge in [-0.1, -0.05) is 17.7 Å². The first-order valence-electron chi connectivity index (χ1n) is 9.24. The van der Waals surface area contributed by atoms with Crippen molar-refractivity contribution in [3.63, 3.8) is 0 Å². The first kappa shape index (κ1) is 22.9. The lowest BCUT2D eigenvalue weighted by atomic mass is 10.2. The number of nitrogens with one attached hydrogen (secondary N) is 1. The molecule has 3 rings (SSSR count).